The smallest absolute Gasteiger partial charge is 0.259 e. The van der Waals surface area contributed by atoms with E-state index in [1.165, 1.54) is 0 Å². The van der Waals surface area contributed by atoms with Gasteiger partial charge in [-0.05, 0) is 23.3 Å². The fraction of sp³-hybridized carbons (Fsp3) is 0.0455. The van der Waals surface area contributed by atoms with Gasteiger partial charge in [0.25, 0.3) is 5.91 Å². The Labute approximate surface area is 141 Å². The first-order valence-electron chi connectivity index (χ1n) is 8.05. The van der Waals surface area contributed by atoms with Crippen molar-refractivity contribution in [2.75, 3.05) is 4.90 Å². The van der Waals surface area contributed by atoms with Crippen molar-refractivity contribution in [2.45, 2.75) is 6.54 Å². The van der Waals surface area contributed by atoms with E-state index in [4.69, 9.17) is 0 Å². The molecule has 1 aliphatic rings. The van der Waals surface area contributed by atoms with E-state index >= 15 is 0 Å². The third kappa shape index (κ3) is 2.63. The third-order valence-electron chi connectivity index (χ3n) is 4.25. The molecule has 0 unspecified atom stereocenters. The molecule has 0 saturated heterocycles. The van der Waals surface area contributed by atoms with Gasteiger partial charge in [-0.1, -0.05) is 78.9 Å². The number of nitrogens with zero attached hydrogens (tertiary/aromatic N) is 1. The number of fused-ring (bicyclic) bond motifs is 1. The Bertz CT molecular complexity index is 898. The summed E-state index contributed by atoms with van der Waals surface area (Å²) in [4.78, 5) is 14.9. The minimum Gasteiger partial charge on any atom is -0.303 e. The molecule has 1 aliphatic heterocycles. The topological polar surface area (TPSA) is 20.3 Å². The lowest BCUT2D eigenvalue weighted by molar-refractivity contribution is -0.113. The van der Waals surface area contributed by atoms with Crippen LogP contribution in [0.25, 0.3) is 11.6 Å². The molecule has 0 N–H and O–H groups in total. The van der Waals surface area contributed by atoms with Crippen molar-refractivity contribution < 1.29 is 4.79 Å². The Hall–Kier alpha value is -3.13. The van der Waals surface area contributed by atoms with E-state index in [0.29, 0.717) is 6.54 Å². The summed E-state index contributed by atoms with van der Waals surface area (Å²) in [7, 11) is 0. The molecule has 116 valence electrons. The standard InChI is InChI=1S/C22H17NO/c24-22-20(15-17-9-3-1-4-10-17)19-13-7-8-14-21(19)23(22)16-18-11-5-2-6-12-18/h1-15H,16H2. The second-order valence-electron chi connectivity index (χ2n) is 5.86. The van der Waals surface area contributed by atoms with Gasteiger partial charge in [-0.3, -0.25) is 4.79 Å². The Morgan fingerprint density at radius 2 is 1.38 bits per heavy atom. The molecule has 0 spiro atoms. The highest BCUT2D eigenvalue weighted by atomic mass is 16.2. The van der Waals surface area contributed by atoms with Gasteiger partial charge in [-0.25, -0.2) is 0 Å². The summed E-state index contributed by atoms with van der Waals surface area (Å²) in [5, 5.41) is 0. The molecule has 0 saturated carbocycles. The number of anilines is 1. The maximum Gasteiger partial charge on any atom is 0.259 e. The zero-order chi connectivity index (χ0) is 16.4. The first kappa shape index (κ1) is 14.5. The molecular formula is C22H17NO. The van der Waals surface area contributed by atoms with Gasteiger partial charge in [-0.2, -0.15) is 0 Å². The predicted octanol–water partition coefficient (Wildman–Crippen LogP) is 4.77. The summed E-state index contributed by atoms with van der Waals surface area (Å²) in [6.07, 6.45) is 1.98. The van der Waals surface area contributed by atoms with E-state index in [9.17, 15) is 4.79 Å². The summed E-state index contributed by atoms with van der Waals surface area (Å²) in [6.45, 7) is 0.586. The van der Waals surface area contributed by atoms with Crippen LogP contribution in [-0.4, -0.2) is 5.91 Å². The van der Waals surface area contributed by atoms with Gasteiger partial charge in [0.05, 0.1) is 12.2 Å². The van der Waals surface area contributed by atoms with Gasteiger partial charge in [0.1, 0.15) is 0 Å². The van der Waals surface area contributed by atoms with Crippen molar-refractivity contribution in [2.24, 2.45) is 0 Å². The van der Waals surface area contributed by atoms with Crippen molar-refractivity contribution >= 4 is 23.2 Å². The van der Waals surface area contributed by atoms with Gasteiger partial charge in [0.2, 0.25) is 0 Å². The van der Waals surface area contributed by atoms with Gasteiger partial charge >= 0.3 is 0 Å². The third-order valence-corrected chi connectivity index (χ3v) is 4.25. The minimum atomic E-state index is 0.0592. The molecule has 0 atom stereocenters. The molecular weight excluding hydrogens is 294 g/mol. The zero-order valence-corrected chi connectivity index (χ0v) is 13.2. The van der Waals surface area contributed by atoms with Crippen LogP contribution < -0.4 is 4.90 Å². The minimum absolute atomic E-state index is 0.0592. The molecule has 0 radical (unpaired) electrons. The summed E-state index contributed by atoms with van der Waals surface area (Å²) in [6, 6.07) is 28.1. The number of hydrogen-bond donors (Lipinski definition) is 0. The Balaban J connectivity index is 1.76. The summed E-state index contributed by atoms with van der Waals surface area (Å²) >= 11 is 0. The van der Waals surface area contributed by atoms with Gasteiger partial charge in [0.15, 0.2) is 0 Å². The second kappa shape index (κ2) is 6.17. The van der Waals surface area contributed by atoms with Crippen LogP contribution in [-0.2, 0) is 11.3 Å². The molecule has 2 nitrogen and oxygen atoms in total. The van der Waals surface area contributed by atoms with E-state index < -0.39 is 0 Å². The number of hydrogen-bond acceptors (Lipinski definition) is 1. The predicted molar refractivity (Wildman–Crippen MR) is 98.4 cm³/mol. The van der Waals surface area contributed by atoms with Crippen molar-refractivity contribution in [1.29, 1.82) is 0 Å². The molecule has 1 amide bonds. The number of carbonyl (C=O) groups is 1. The van der Waals surface area contributed by atoms with Crippen LogP contribution in [0.2, 0.25) is 0 Å². The quantitative estimate of drug-likeness (QED) is 0.638. The van der Waals surface area contributed by atoms with E-state index in [-0.39, 0.29) is 5.91 Å². The maximum absolute atomic E-state index is 13.0. The average Bonchev–Trinajstić information content (AvgIpc) is 2.90. The summed E-state index contributed by atoms with van der Waals surface area (Å²) in [5.74, 6) is 0.0592. The average molecular weight is 311 g/mol. The Morgan fingerprint density at radius 1 is 0.750 bits per heavy atom. The molecule has 1 heterocycles. The molecule has 4 rings (SSSR count). The number of benzene rings is 3. The van der Waals surface area contributed by atoms with Crippen LogP contribution in [0.15, 0.2) is 84.9 Å². The normalized spacial score (nSPS) is 14.9. The van der Waals surface area contributed by atoms with Gasteiger partial charge in [0, 0.05) is 11.1 Å². The fourth-order valence-electron chi connectivity index (χ4n) is 3.09. The van der Waals surface area contributed by atoms with E-state index in [1.54, 1.807) is 0 Å². The van der Waals surface area contributed by atoms with Crippen LogP contribution in [0.3, 0.4) is 0 Å². The Morgan fingerprint density at radius 3 is 2.12 bits per heavy atom. The monoisotopic (exact) mass is 311 g/mol. The van der Waals surface area contributed by atoms with Crippen LogP contribution in [0.4, 0.5) is 5.69 Å². The van der Waals surface area contributed by atoms with E-state index in [2.05, 4.69) is 12.1 Å². The molecule has 0 bridgehead atoms. The van der Waals surface area contributed by atoms with E-state index in [1.807, 2.05) is 83.8 Å². The molecule has 2 heteroatoms. The van der Waals surface area contributed by atoms with Crippen molar-refractivity contribution in [3.63, 3.8) is 0 Å². The van der Waals surface area contributed by atoms with Crippen molar-refractivity contribution in [3.8, 4) is 0 Å². The number of amides is 1. The zero-order valence-electron chi connectivity index (χ0n) is 13.2. The SMILES string of the molecule is O=C1C(=Cc2ccccc2)c2ccccc2N1Cc1ccccc1. The highest BCUT2D eigenvalue weighted by Gasteiger charge is 2.31. The summed E-state index contributed by atoms with van der Waals surface area (Å²) in [5.41, 5.74) is 4.90. The van der Waals surface area contributed by atoms with Crippen LogP contribution >= 0.6 is 0 Å². The van der Waals surface area contributed by atoms with E-state index in [0.717, 1.165) is 28.0 Å². The fourth-order valence-corrected chi connectivity index (χ4v) is 3.09. The molecule has 0 aromatic heterocycles. The highest BCUT2D eigenvalue weighted by Crippen LogP contribution is 2.38. The number of rotatable bonds is 3. The number of para-hydroxylation sites is 1. The first-order valence-corrected chi connectivity index (χ1v) is 8.05. The van der Waals surface area contributed by atoms with Crippen LogP contribution in [0.1, 0.15) is 16.7 Å². The molecule has 24 heavy (non-hydrogen) atoms. The highest BCUT2D eigenvalue weighted by molar-refractivity contribution is 6.35. The lowest BCUT2D eigenvalue weighted by Crippen LogP contribution is -2.25. The largest absolute Gasteiger partial charge is 0.303 e. The molecule has 3 aromatic rings. The van der Waals surface area contributed by atoms with Crippen LogP contribution in [0.5, 0.6) is 0 Å². The number of carbonyl (C=O) groups excluding carboxylic acids is 1. The Kier molecular flexibility index (Phi) is 3.72. The van der Waals surface area contributed by atoms with Crippen molar-refractivity contribution in [1.82, 2.24) is 0 Å². The molecule has 0 fully saturated rings. The first-order chi connectivity index (χ1) is 11.8. The van der Waals surface area contributed by atoms with Gasteiger partial charge < -0.3 is 4.90 Å². The van der Waals surface area contributed by atoms with Crippen molar-refractivity contribution in [3.05, 3.63) is 102 Å². The maximum atomic E-state index is 13.0. The van der Waals surface area contributed by atoms with Crippen LogP contribution in [0, 0.1) is 0 Å². The molecule has 0 aliphatic carbocycles. The lowest BCUT2D eigenvalue weighted by Gasteiger charge is -2.17. The second-order valence-corrected chi connectivity index (χ2v) is 5.86. The summed E-state index contributed by atoms with van der Waals surface area (Å²) < 4.78 is 0. The lowest BCUT2D eigenvalue weighted by atomic mass is 10.0. The van der Waals surface area contributed by atoms with Gasteiger partial charge in [-0.15, -0.1) is 0 Å². The molecule has 3 aromatic carbocycles.